The highest BCUT2D eigenvalue weighted by molar-refractivity contribution is 7.19. The lowest BCUT2D eigenvalue weighted by Crippen LogP contribution is -2.74. The third kappa shape index (κ3) is 8.64. The lowest BCUT2D eigenvalue weighted by atomic mass is 9.96. The van der Waals surface area contributed by atoms with Crippen molar-refractivity contribution in [2.75, 3.05) is 0 Å². The van der Waals surface area contributed by atoms with Gasteiger partial charge >= 0.3 is 0 Å². The molecule has 0 aliphatic heterocycles. The first-order chi connectivity index (χ1) is 38.3. The molecule has 2 heterocycles. The van der Waals surface area contributed by atoms with Crippen LogP contribution in [0.2, 0.25) is 0 Å². The minimum atomic E-state index is -2.95. The largest absolute Gasteiger partial charge is 0.309 e. The molecule has 2 aromatic heterocycles. The topological polar surface area (TPSA) is 43.6 Å². The van der Waals surface area contributed by atoms with Crippen LogP contribution in [0.1, 0.15) is 22.3 Å². The molecule has 13 rings (SSSR count). The highest BCUT2D eigenvalue weighted by Gasteiger charge is 2.41. The van der Waals surface area contributed by atoms with E-state index < -0.39 is 8.07 Å². The molecule has 0 radical (unpaired) electrons. The van der Waals surface area contributed by atoms with Gasteiger partial charge in [-0.05, 0) is 123 Å². The molecule has 0 aliphatic carbocycles. The Hall–Kier alpha value is -9.55. The van der Waals surface area contributed by atoms with Gasteiger partial charge in [-0.15, -0.1) is 0 Å². The fraction of sp³-hybridized carbons (Fsp3) is 0.0548. The molecule has 0 unspecified atom stereocenters. The van der Waals surface area contributed by atoms with Crippen molar-refractivity contribution in [3.63, 3.8) is 0 Å². The molecule has 4 nitrogen and oxygen atoms in total. The van der Waals surface area contributed by atoms with Gasteiger partial charge in [0.2, 0.25) is 0 Å². The lowest BCUT2D eigenvalue weighted by Gasteiger charge is -2.34. The molecule has 11 aromatic carbocycles. The molecule has 0 aliphatic rings. The number of aromatic nitrogens is 4. The molecule has 0 saturated carbocycles. The molecule has 0 N–H and O–H groups in total. The quantitative estimate of drug-likeness (QED) is 0.0958. The van der Waals surface area contributed by atoms with Crippen LogP contribution in [0.4, 0.5) is 0 Å². The average molecular weight is 1020 g/mol. The first-order valence-corrected chi connectivity index (χ1v) is 28.8. The molecular weight excluding hydrogens is 961 g/mol. The Kier molecular flexibility index (Phi) is 12.5. The molecule has 0 fully saturated rings. The molecule has 13 aromatic rings. The van der Waals surface area contributed by atoms with Crippen molar-refractivity contribution in [3.05, 3.63) is 289 Å². The van der Waals surface area contributed by atoms with Gasteiger partial charge in [0.15, 0.2) is 25.5 Å². The summed E-state index contributed by atoms with van der Waals surface area (Å²) in [6, 6.07) is 97.7. The lowest BCUT2D eigenvalue weighted by molar-refractivity contribution is 1.07. The van der Waals surface area contributed by atoms with Crippen LogP contribution >= 0.6 is 0 Å². The monoisotopic (exact) mass is 1020 g/mol. The summed E-state index contributed by atoms with van der Waals surface area (Å²) in [6.45, 7) is 8.76. The van der Waals surface area contributed by atoms with Gasteiger partial charge in [0.05, 0.1) is 11.0 Å². The molecule has 78 heavy (non-hydrogen) atoms. The standard InChI is InChI=1S/C73H56N4Si/c1-49-33-38-63(51(3)43-49)56-35-40-65-66-41-36-57(64-39-34-50(2)44-52(64)4)47-70(66)77(69(65)46-56)58-37-42-67(73-75-71(53-21-10-5-11-22-53)74-72(76-73)54-23-12-6-13-24-54)68(48-58)55-25-20-32-62(45-55)78(59-26-14-7-15-27-59,60-28-16-8-17-29-60)61-30-18-9-19-31-61/h5-48H,1-4H3. The van der Waals surface area contributed by atoms with Crippen molar-refractivity contribution in [2.45, 2.75) is 27.7 Å². The first kappa shape index (κ1) is 48.1. The predicted molar refractivity (Wildman–Crippen MR) is 329 cm³/mol. The van der Waals surface area contributed by atoms with E-state index in [4.69, 9.17) is 15.0 Å². The van der Waals surface area contributed by atoms with Crippen molar-refractivity contribution in [1.82, 2.24) is 19.5 Å². The number of rotatable bonds is 11. The van der Waals surface area contributed by atoms with Gasteiger partial charge < -0.3 is 4.57 Å². The smallest absolute Gasteiger partial charge is 0.179 e. The Morgan fingerprint density at radius 3 is 1.14 bits per heavy atom. The van der Waals surface area contributed by atoms with Crippen LogP contribution in [0.3, 0.4) is 0 Å². The maximum Gasteiger partial charge on any atom is 0.179 e. The Balaban J connectivity index is 1.12. The normalized spacial score (nSPS) is 11.6. The molecular formula is C73H56N4Si. The molecule has 0 saturated heterocycles. The van der Waals surface area contributed by atoms with Gasteiger partial charge in [0.1, 0.15) is 0 Å². The summed E-state index contributed by atoms with van der Waals surface area (Å²) in [5.74, 6) is 1.84. The van der Waals surface area contributed by atoms with E-state index in [1.54, 1.807) is 0 Å². The number of nitrogens with zero attached hydrogens (tertiary/aromatic N) is 4. The van der Waals surface area contributed by atoms with E-state index in [9.17, 15) is 0 Å². The Morgan fingerprint density at radius 2 is 0.679 bits per heavy atom. The maximum atomic E-state index is 5.39. The second-order valence-electron chi connectivity index (χ2n) is 20.6. The van der Waals surface area contributed by atoms with Crippen LogP contribution in [-0.2, 0) is 0 Å². The van der Waals surface area contributed by atoms with Crippen LogP contribution in [0.25, 0.3) is 95.0 Å². The molecule has 0 bridgehead atoms. The number of hydrogen-bond donors (Lipinski definition) is 0. The van der Waals surface area contributed by atoms with E-state index in [-0.39, 0.29) is 0 Å². The van der Waals surface area contributed by atoms with Crippen LogP contribution < -0.4 is 20.7 Å². The summed E-state index contributed by atoms with van der Waals surface area (Å²) >= 11 is 0. The summed E-state index contributed by atoms with van der Waals surface area (Å²) in [7, 11) is -2.95. The molecule has 0 amide bonds. The zero-order chi connectivity index (χ0) is 52.7. The van der Waals surface area contributed by atoms with E-state index in [2.05, 4.69) is 263 Å². The van der Waals surface area contributed by atoms with E-state index >= 15 is 0 Å². The van der Waals surface area contributed by atoms with Crippen LogP contribution in [-0.4, -0.2) is 27.6 Å². The fourth-order valence-electron chi connectivity index (χ4n) is 11.9. The van der Waals surface area contributed by atoms with E-state index in [0.29, 0.717) is 17.5 Å². The summed E-state index contributed by atoms with van der Waals surface area (Å²) in [4.78, 5) is 15.9. The van der Waals surface area contributed by atoms with Crippen LogP contribution in [0, 0.1) is 27.7 Å². The van der Waals surface area contributed by atoms with Crippen molar-refractivity contribution in [2.24, 2.45) is 0 Å². The van der Waals surface area contributed by atoms with E-state index in [1.807, 2.05) is 36.4 Å². The third-order valence-electron chi connectivity index (χ3n) is 15.6. The minimum absolute atomic E-state index is 0.601. The second kappa shape index (κ2) is 20.2. The Labute approximate surface area is 457 Å². The zero-order valence-electron chi connectivity index (χ0n) is 44.2. The van der Waals surface area contributed by atoms with E-state index in [0.717, 1.165) is 44.5 Å². The van der Waals surface area contributed by atoms with Gasteiger partial charge in [-0.1, -0.05) is 248 Å². The van der Waals surface area contributed by atoms with Gasteiger partial charge in [-0.2, -0.15) is 0 Å². The molecule has 372 valence electrons. The summed E-state index contributed by atoms with van der Waals surface area (Å²) in [6.07, 6.45) is 0. The zero-order valence-corrected chi connectivity index (χ0v) is 45.2. The van der Waals surface area contributed by atoms with Crippen LogP contribution in [0.15, 0.2) is 267 Å². The summed E-state index contributed by atoms with van der Waals surface area (Å²) in [5, 5.41) is 7.61. The minimum Gasteiger partial charge on any atom is -0.309 e. The predicted octanol–water partition coefficient (Wildman–Crippen LogP) is 15.6. The van der Waals surface area contributed by atoms with Crippen molar-refractivity contribution < 1.29 is 0 Å². The number of hydrogen-bond acceptors (Lipinski definition) is 3. The van der Waals surface area contributed by atoms with Crippen molar-refractivity contribution in [1.29, 1.82) is 0 Å². The fourth-order valence-corrected chi connectivity index (χ4v) is 16.7. The highest BCUT2D eigenvalue weighted by atomic mass is 28.3. The summed E-state index contributed by atoms with van der Waals surface area (Å²) < 4.78 is 2.48. The molecule has 5 heteroatoms. The van der Waals surface area contributed by atoms with Crippen molar-refractivity contribution >= 4 is 50.6 Å². The Morgan fingerprint density at radius 1 is 0.282 bits per heavy atom. The first-order valence-electron chi connectivity index (χ1n) is 26.8. The maximum absolute atomic E-state index is 5.39. The summed E-state index contributed by atoms with van der Waals surface area (Å²) in [5.41, 5.74) is 18.0. The SMILES string of the molecule is Cc1ccc(-c2ccc3c4ccc(-c5ccc(C)cc5C)cc4n(-c4ccc(-c5nc(-c6ccccc6)nc(-c6ccccc6)n5)c(-c5cccc([Si](c6ccccc6)(c6ccccc6)c6ccccc6)c5)c4)c3c2)c(C)c1. The Bertz CT molecular complexity index is 4080. The second-order valence-corrected chi connectivity index (χ2v) is 24.4. The number of aryl methyl sites for hydroxylation is 4. The van der Waals surface area contributed by atoms with Gasteiger partial charge in [0, 0.05) is 33.2 Å². The van der Waals surface area contributed by atoms with Gasteiger partial charge in [-0.3, -0.25) is 0 Å². The number of benzene rings is 11. The number of fused-ring (bicyclic) bond motifs is 3. The molecule has 0 spiro atoms. The molecule has 0 atom stereocenters. The van der Waals surface area contributed by atoms with E-state index in [1.165, 1.54) is 76.0 Å². The highest BCUT2D eigenvalue weighted by Crippen LogP contribution is 2.41. The van der Waals surface area contributed by atoms with Crippen molar-refractivity contribution in [3.8, 4) is 73.2 Å². The van der Waals surface area contributed by atoms with Gasteiger partial charge in [-0.25, -0.2) is 15.0 Å². The third-order valence-corrected chi connectivity index (χ3v) is 20.4. The average Bonchev–Trinajstić information content (AvgIpc) is 4.03. The van der Waals surface area contributed by atoms with Gasteiger partial charge in [0.25, 0.3) is 0 Å². The van der Waals surface area contributed by atoms with Crippen LogP contribution in [0.5, 0.6) is 0 Å².